The van der Waals surface area contributed by atoms with Crippen molar-refractivity contribution in [3.63, 3.8) is 0 Å². The smallest absolute Gasteiger partial charge is 0.289 e. The van der Waals surface area contributed by atoms with Gasteiger partial charge in [-0.25, -0.2) is 0 Å². The number of aromatic nitrogens is 1. The number of hydrogen-bond acceptors (Lipinski definition) is 6. The Labute approximate surface area is 161 Å². The number of nitrogens with zero attached hydrogens (tertiary/aromatic N) is 3. The number of rotatable bonds is 4. The summed E-state index contributed by atoms with van der Waals surface area (Å²) in [7, 11) is 1.59. The molecule has 0 radical (unpaired) electrons. The van der Waals surface area contributed by atoms with Gasteiger partial charge in [-0.3, -0.25) is 9.59 Å². The SMILES string of the molecule is COc1ccc(-c2oncc2C(=O)N2CCN(C(=O)c3ccco3)CC2)cc1. The van der Waals surface area contributed by atoms with Gasteiger partial charge in [0.2, 0.25) is 0 Å². The minimum absolute atomic E-state index is 0.166. The van der Waals surface area contributed by atoms with Crippen LogP contribution in [-0.2, 0) is 0 Å². The molecule has 1 aromatic carbocycles. The van der Waals surface area contributed by atoms with Crippen LogP contribution in [0.25, 0.3) is 11.3 Å². The van der Waals surface area contributed by atoms with Crippen molar-refractivity contribution in [3.8, 4) is 17.1 Å². The van der Waals surface area contributed by atoms with Crippen LogP contribution >= 0.6 is 0 Å². The Morgan fingerprint density at radius 1 is 1.00 bits per heavy atom. The highest BCUT2D eigenvalue weighted by atomic mass is 16.5. The van der Waals surface area contributed by atoms with E-state index in [1.54, 1.807) is 41.2 Å². The van der Waals surface area contributed by atoms with Crippen LogP contribution in [0.5, 0.6) is 5.75 Å². The number of benzene rings is 1. The Morgan fingerprint density at radius 2 is 1.68 bits per heavy atom. The average Bonchev–Trinajstić information content (AvgIpc) is 3.45. The maximum Gasteiger partial charge on any atom is 0.289 e. The summed E-state index contributed by atoms with van der Waals surface area (Å²) in [5, 5.41) is 3.80. The molecule has 2 aromatic heterocycles. The third kappa shape index (κ3) is 3.36. The third-order valence-electron chi connectivity index (χ3n) is 4.74. The van der Waals surface area contributed by atoms with Crippen LogP contribution in [0.3, 0.4) is 0 Å². The van der Waals surface area contributed by atoms with Crippen molar-refractivity contribution >= 4 is 11.8 Å². The van der Waals surface area contributed by atoms with Gasteiger partial charge in [0.05, 0.1) is 19.6 Å². The van der Waals surface area contributed by atoms with Gasteiger partial charge >= 0.3 is 0 Å². The van der Waals surface area contributed by atoms with Gasteiger partial charge in [-0.05, 0) is 36.4 Å². The maximum absolute atomic E-state index is 13.0. The second-order valence-corrected chi connectivity index (χ2v) is 6.36. The Balaban J connectivity index is 1.45. The maximum atomic E-state index is 13.0. The van der Waals surface area contributed by atoms with Crippen molar-refractivity contribution in [3.05, 3.63) is 60.2 Å². The van der Waals surface area contributed by atoms with Gasteiger partial charge < -0.3 is 23.5 Å². The summed E-state index contributed by atoms with van der Waals surface area (Å²) in [5.74, 6) is 1.11. The molecule has 0 unspecified atom stereocenters. The fourth-order valence-electron chi connectivity index (χ4n) is 3.18. The Kier molecular flexibility index (Phi) is 4.84. The normalized spacial score (nSPS) is 14.2. The lowest BCUT2D eigenvalue weighted by molar-refractivity contribution is 0.0518. The number of piperazine rings is 1. The molecule has 4 rings (SSSR count). The first kappa shape index (κ1) is 17.8. The van der Waals surface area contributed by atoms with Gasteiger partial charge in [0, 0.05) is 31.7 Å². The second-order valence-electron chi connectivity index (χ2n) is 6.36. The predicted molar refractivity (Wildman–Crippen MR) is 99.0 cm³/mol. The summed E-state index contributed by atoms with van der Waals surface area (Å²) < 4.78 is 15.6. The second kappa shape index (κ2) is 7.59. The van der Waals surface area contributed by atoms with Crippen LogP contribution in [0.4, 0.5) is 0 Å². The van der Waals surface area contributed by atoms with Crippen molar-refractivity contribution in [1.82, 2.24) is 15.0 Å². The summed E-state index contributed by atoms with van der Waals surface area (Å²) in [6.45, 7) is 1.74. The van der Waals surface area contributed by atoms with Crippen molar-refractivity contribution in [2.24, 2.45) is 0 Å². The van der Waals surface area contributed by atoms with Gasteiger partial charge in [-0.1, -0.05) is 5.16 Å². The minimum Gasteiger partial charge on any atom is -0.497 e. The number of methoxy groups -OCH3 is 1. The van der Waals surface area contributed by atoms with E-state index in [-0.39, 0.29) is 11.8 Å². The van der Waals surface area contributed by atoms with Gasteiger partial charge in [-0.15, -0.1) is 0 Å². The van der Waals surface area contributed by atoms with Crippen LogP contribution in [0.1, 0.15) is 20.9 Å². The molecule has 1 saturated heterocycles. The molecule has 0 saturated carbocycles. The topological polar surface area (TPSA) is 89.0 Å². The molecule has 0 bridgehead atoms. The van der Waals surface area contributed by atoms with Crippen LogP contribution in [0.2, 0.25) is 0 Å². The predicted octanol–water partition coefficient (Wildman–Crippen LogP) is 2.54. The Hall–Kier alpha value is -3.55. The van der Waals surface area contributed by atoms with E-state index in [4.69, 9.17) is 13.7 Å². The standard InChI is InChI=1S/C20H19N3O5/c1-26-15-6-4-14(5-7-15)18-16(13-21-28-18)19(24)22-8-10-23(11-9-22)20(25)17-3-2-12-27-17/h2-7,12-13H,8-11H2,1H3. The lowest BCUT2D eigenvalue weighted by Crippen LogP contribution is -2.50. The number of ether oxygens (including phenoxy) is 1. The zero-order chi connectivity index (χ0) is 19.5. The third-order valence-corrected chi connectivity index (χ3v) is 4.74. The fourth-order valence-corrected chi connectivity index (χ4v) is 3.18. The summed E-state index contributed by atoms with van der Waals surface area (Å²) in [6.07, 6.45) is 2.90. The summed E-state index contributed by atoms with van der Waals surface area (Å²) in [5.41, 5.74) is 1.14. The summed E-state index contributed by atoms with van der Waals surface area (Å²) >= 11 is 0. The summed E-state index contributed by atoms with van der Waals surface area (Å²) in [6, 6.07) is 10.5. The van der Waals surface area contributed by atoms with Gasteiger partial charge in [0.25, 0.3) is 11.8 Å². The van der Waals surface area contributed by atoms with Crippen LogP contribution in [0.15, 0.2) is 57.8 Å². The molecule has 144 valence electrons. The van der Waals surface area contributed by atoms with E-state index in [1.165, 1.54) is 12.5 Å². The molecular weight excluding hydrogens is 362 g/mol. The number of carbonyl (C=O) groups is 2. The van der Waals surface area contributed by atoms with Crippen molar-refractivity contribution in [2.45, 2.75) is 0 Å². The van der Waals surface area contributed by atoms with E-state index in [0.29, 0.717) is 49.0 Å². The molecule has 0 spiro atoms. The molecule has 1 fully saturated rings. The van der Waals surface area contributed by atoms with Crippen molar-refractivity contribution in [2.75, 3.05) is 33.3 Å². The van der Waals surface area contributed by atoms with E-state index in [0.717, 1.165) is 5.56 Å². The molecule has 0 aliphatic carbocycles. The first-order valence-electron chi connectivity index (χ1n) is 8.88. The fraction of sp³-hybridized carbons (Fsp3) is 0.250. The Bertz CT molecular complexity index is 954. The number of carbonyl (C=O) groups excluding carboxylic acids is 2. The quantitative estimate of drug-likeness (QED) is 0.690. The molecule has 2 amide bonds. The molecular formula is C20H19N3O5. The molecule has 8 heteroatoms. The van der Waals surface area contributed by atoms with Gasteiger partial charge in [0.1, 0.15) is 11.3 Å². The lowest BCUT2D eigenvalue weighted by Gasteiger charge is -2.34. The minimum atomic E-state index is -0.169. The van der Waals surface area contributed by atoms with E-state index in [1.807, 2.05) is 12.1 Å². The molecule has 0 N–H and O–H groups in total. The van der Waals surface area contributed by atoms with E-state index >= 15 is 0 Å². The molecule has 28 heavy (non-hydrogen) atoms. The highest BCUT2D eigenvalue weighted by Crippen LogP contribution is 2.27. The van der Waals surface area contributed by atoms with Crippen molar-refractivity contribution in [1.29, 1.82) is 0 Å². The molecule has 0 atom stereocenters. The summed E-state index contributed by atoms with van der Waals surface area (Å²) in [4.78, 5) is 28.7. The lowest BCUT2D eigenvalue weighted by atomic mass is 10.1. The van der Waals surface area contributed by atoms with Crippen molar-refractivity contribution < 1.29 is 23.3 Å². The molecule has 3 heterocycles. The van der Waals surface area contributed by atoms with Gasteiger partial charge in [0.15, 0.2) is 11.5 Å². The van der Waals surface area contributed by atoms with E-state index in [9.17, 15) is 9.59 Å². The van der Waals surface area contributed by atoms with E-state index < -0.39 is 0 Å². The molecule has 8 nitrogen and oxygen atoms in total. The zero-order valence-corrected chi connectivity index (χ0v) is 15.3. The largest absolute Gasteiger partial charge is 0.497 e. The number of furan rings is 1. The average molecular weight is 381 g/mol. The highest BCUT2D eigenvalue weighted by molar-refractivity contribution is 5.99. The molecule has 3 aromatic rings. The first-order chi connectivity index (χ1) is 13.7. The van der Waals surface area contributed by atoms with Crippen LogP contribution < -0.4 is 4.74 Å². The first-order valence-corrected chi connectivity index (χ1v) is 8.88. The zero-order valence-electron chi connectivity index (χ0n) is 15.3. The number of hydrogen-bond donors (Lipinski definition) is 0. The molecule has 1 aliphatic heterocycles. The number of amides is 2. The van der Waals surface area contributed by atoms with Crippen LogP contribution in [0, 0.1) is 0 Å². The molecule has 1 aliphatic rings. The van der Waals surface area contributed by atoms with Crippen LogP contribution in [-0.4, -0.2) is 60.1 Å². The highest BCUT2D eigenvalue weighted by Gasteiger charge is 2.29. The monoisotopic (exact) mass is 381 g/mol. The van der Waals surface area contributed by atoms with Gasteiger partial charge in [-0.2, -0.15) is 0 Å². The van der Waals surface area contributed by atoms with E-state index in [2.05, 4.69) is 5.16 Å². The Morgan fingerprint density at radius 3 is 2.29 bits per heavy atom.